The summed E-state index contributed by atoms with van der Waals surface area (Å²) >= 11 is 0. The highest BCUT2D eigenvalue weighted by Gasteiger charge is 2.11. The third-order valence-corrected chi connectivity index (χ3v) is 1.91. The van der Waals surface area contributed by atoms with Crippen molar-refractivity contribution >= 4 is 0 Å². The Morgan fingerprint density at radius 2 is 2.31 bits per heavy atom. The van der Waals surface area contributed by atoms with E-state index >= 15 is 0 Å². The number of pyridine rings is 1. The Labute approximate surface area is 77.8 Å². The Bertz CT molecular complexity index is 428. The second kappa shape index (κ2) is 3.01. The average molecular weight is 175 g/mol. The lowest BCUT2D eigenvalue weighted by molar-refractivity contribution is 0.393. The zero-order valence-electron chi connectivity index (χ0n) is 8.53. The van der Waals surface area contributed by atoms with Crippen LogP contribution in [0.3, 0.4) is 0 Å². The minimum atomic E-state index is 0.403. The number of nitrogens with zero attached hydrogens (tertiary/aromatic N) is 2. The van der Waals surface area contributed by atoms with Crippen molar-refractivity contribution in [1.82, 2.24) is 10.1 Å². The van der Waals surface area contributed by atoms with Gasteiger partial charge in [0.05, 0.1) is 18.3 Å². The van der Waals surface area contributed by atoms with E-state index in [0.29, 0.717) is 6.04 Å². The van der Waals surface area contributed by atoms with Gasteiger partial charge in [0, 0.05) is 6.20 Å². The van der Waals surface area contributed by atoms with Crippen LogP contribution in [0.1, 0.15) is 12.8 Å². The molecular formula is C10H10N2O. The molecule has 3 nitrogen and oxygen atoms in total. The molecule has 0 aliphatic rings. The molecule has 0 aromatic carbocycles. The van der Waals surface area contributed by atoms with E-state index in [-0.39, 0.29) is 0 Å². The molecule has 0 saturated heterocycles. The summed E-state index contributed by atoms with van der Waals surface area (Å²) in [4.78, 5) is 4.15. The molecule has 3 heteroatoms. The van der Waals surface area contributed by atoms with Crippen LogP contribution in [0.5, 0.6) is 0 Å². The van der Waals surface area contributed by atoms with Crippen molar-refractivity contribution in [3.05, 3.63) is 35.8 Å². The van der Waals surface area contributed by atoms with Gasteiger partial charge in [-0.1, -0.05) is 11.2 Å². The van der Waals surface area contributed by atoms with Gasteiger partial charge in [0.1, 0.15) is 5.76 Å². The van der Waals surface area contributed by atoms with Crippen molar-refractivity contribution in [2.45, 2.75) is 13.8 Å². The van der Waals surface area contributed by atoms with Crippen molar-refractivity contribution in [3.8, 4) is 11.3 Å². The van der Waals surface area contributed by atoms with Gasteiger partial charge in [-0.3, -0.25) is 4.98 Å². The van der Waals surface area contributed by atoms with Gasteiger partial charge in [0.15, 0.2) is 0 Å². The van der Waals surface area contributed by atoms with Crippen LogP contribution in [-0.4, -0.2) is 10.1 Å². The minimum Gasteiger partial charge on any atom is -0.361 e. The monoisotopic (exact) mass is 175 g/mol. The van der Waals surface area contributed by atoms with E-state index in [4.69, 9.17) is 5.89 Å². The molecule has 0 saturated carbocycles. The Morgan fingerprint density at radius 3 is 2.85 bits per heavy atom. The van der Waals surface area contributed by atoms with E-state index in [2.05, 4.69) is 10.1 Å². The van der Waals surface area contributed by atoms with Gasteiger partial charge in [-0.05, 0) is 26.0 Å². The maximum atomic E-state index is 7.32. The van der Waals surface area contributed by atoms with E-state index in [0.717, 1.165) is 22.7 Å². The minimum absolute atomic E-state index is 0.403. The van der Waals surface area contributed by atoms with Gasteiger partial charge in [-0.15, -0.1) is 0 Å². The van der Waals surface area contributed by atoms with Gasteiger partial charge in [0.25, 0.3) is 0 Å². The fraction of sp³-hybridized carbons (Fsp3) is 0.200. The molecule has 0 fully saturated rings. The predicted molar refractivity (Wildman–Crippen MR) is 49.2 cm³/mol. The van der Waals surface area contributed by atoms with Crippen LogP contribution in [0, 0.1) is 13.8 Å². The molecule has 66 valence electrons. The summed E-state index contributed by atoms with van der Waals surface area (Å²) in [5, 5.41) is 3.85. The normalized spacial score (nSPS) is 11.4. The first kappa shape index (κ1) is 6.83. The quantitative estimate of drug-likeness (QED) is 0.667. The topological polar surface area (TPSA) is 38.9 Å². The second-order valence-electron chi connectivity index (χ2n) is 2.84. The molecule has 0 unspecified atom stereocenters. The lowest BCUT2D eigenvalue weighted by Crippen LogP contribution is -1.84. The van der Waals surface area contributed by atoms with Gasteiger partial charge >= 0.3 is 0 Å². The smallest absolute Gasteiger partial charge is 0.143 e. The first-order chi connectivity index (χ1) is 6.68. The summed E-state index contributed by atoms with van der Waals surface area (Å²) in [6, 6.07) is 3.91. The van der Waals surface area contributed by atoms with Crippen LogP contribution in [-0.2, 0) is 0 Å². The summed E-state index contributed by atoms with van der Waals surface area (Å²) in [6.07, 6.45) is 1.52. The van der Waals surface area contributed by atoms with Crippen LogP contribution in [0.4, 0.5) is 0 Å². The predicted octanol–water partition coefficient (Wildman–Crippen LogP) is 2.35. The Balaban J connectivity index is 2.54. The van der Waals surface area contributed by atoms with E-state index in [1.165, 1.54) is 6.20 Å². The first-order valence-electron chi connectivity index (χ1n) is 4.54. The zero-order chi connectivity index (χ0) is 10.1. The van der Waals surface area contributed by atoms with E-state index < -0.39 is 0 Å². The number of hydrogen-bond acceptors (Lipinski definition) is 3. The largest absolute Gasteiger partial charge is 0.361 e. The summed E-state index contributed by atoms with van der Waals surface area (Å²) in [5.74, 6) is 0.757. The Kier molecular flexibility index (Phi) is 1.58. The van der Waals surface area contributed by atoms with Crippen LogP contribution in [0.2, 0.25) is 0 Å². The van der Waals surface area contributed by atoms with Crippen LogP contribution in [0.25, 0.3) is 11.3 Å². The van der Waals surface area contributed by atoms with E-state index in [9.17, 15) is 0 Å². The average Bonchev–Trinajstić information content (AvgIpc) is 2.49. The number of hydrogen-bond donors (Lipinski definition) is 0. The highest BCUT2D eigenvalue weighted by molar-refractivity contribution is 5.63. The highest BCUT2D eigenvalue weighted by Crippen LogP contribution is 2.23. The Morgan fingerprint density at radius 1 is 1.46 bits per heavy atom. The van der Waals surface area contributed by atoms with Crippen LogP contribution >= 0.6 is 0 Å². The van der Waals surface area contributed by atoms with Crippen molar-refractivity contribution in [3.63, 3.8) is 0 Å². The van der Waals surface area contributed by atoms with Crippen molar-refractivity contribution in [2.75, 3.05) is 0 Å². The zero-order valence-corrected chi connectivity index (χ0v) is 7.53. The molecule has 2 aromatic rings. The van der Waals surface area contributed by atoms with Gasteiger partial charge in [-0.25, -0.2) is 0 Å². The Hall–Kier alpha value is -1.64. The second-order valence-corrected chi connectivity index (χ2v) is 2.84. The lowest BCUT2D eigenvalue weighted by atomic mass is 10.1. The fourth-order valence-corrected chi connectivity index (χ4v) is 1.32. The van der Waals surface area contributed by atoms with Gasteiger partial charge in [-0.2, -0.15) is 0 Å². The van der Waals surface area contributed by atoms with Crippen LogP contribution < -0.4 is 0 Å². The standard InChI is InChI=1S/C10H10N2O/c1-7-10(8(2)13-12-7)9-5-3-4-6-11-9/h3-6H,1-2H3/i4D. The van der Waals surface area contributed by atoms with E-state index in [1.54, 1.807) is 12.1 Å². The van der Waals surface area contributed by atoms with Crippen molar-refractivity contribution in [2.24, 2.45) is 0 Å². The maximum absolute atomic E-state index is 7.32. The summed E-state index contributed by atoms with van der Waals surface area (Å²) in [6.45, 7) is 3.73. The molecule has 2 rings (SSSR count). The van der Waals surface area contributed by atoms with Gasteiger partial charge < -0.3 is 4.52 Å². The third-order valence-electron chi connectivity index (χ3n) is 1.91. The fourth-order valence-electron chi connectivity index (χ4n) is 1.32. The summed E-state index contributed by atoms with van der Waals surface area (Å²) in [7, 11) is 0. The lowest BCUT2D eigenvalue weighted by Gasteiger charge is -1.96. The van der Waals surface area contributed by atoms with Crippen molar-refractivity contribution < 1.29 is 5.89 Å². The molecule has 2 aromatic heterocycles. The molecule has 0 spiro atoms. The maximum Gasteiger partial charge on any atom is 0.143 e. The molecule has 0 bridgehead atoms. The number of rotatable bonds is 1. The number of aryl methyl sites for hydroxylation is 2. The molecule has 0 atom stereocenters. The molecule has 0 radical (unpaired) electrons. The summed E-state index contributed by atoms with van der Waals surface area (Å²) in [5.41, 5.74) is 2.55. The first-order valence-corrected chi connectivity index (χ1v) is 4.04. The molecular weight excluding hydrogens is 164 g/mol. The highest BCUT2D eigenvalue weighted by atomic mass is 16.5. The van der Waals surface area contributed by atoms with Crippen molar-refractivity contribution in [1.29, 1.82) is 0 Å². The summed E-state index contributed by atoms with van der Waals surface area (Å²) < 4.78 is 12.4. The SMILES string of the molecule is [2H]c1ccc(-c2c(C)noc2C)nc1. The van der Waals surface area contributed by atoms with Gasteiger partial charge in [0.2, 0.25) is 0 Å². The molecule has 0 aliphatic carbocycles. The number of aromatic nitrogens is 2. The molecule has 13 heavy (non-hydrogen) atoms. The third kappa shape index (κ3) is 1.33. The molecule has 0 N–H and O–H groups in total. The molecule has 2 heterocycles. The molecule has 0 amide bonds. The van der Waals surface area contributed by atoms with E-state index in [1.807, 2.05) is 13.8 Å². The molecule has 0 aliphatic heterocycles. The van der Waals surface area contributed by atoms with Crippen LogP contribution in [0.15, 0.2) is 28.9 Å².